The summed E-state index contributed by atoms with van der Waals surface area (Å²) in [6.07, 6.45) is 6.05. The molecular formula is C15H22N4O2. The number of anilines is 1. The van der Waals surface area contributed by atoms with Gasteiger partial charge in [0.1, 0.15) is 12.2 Å². The van der Waals surface area contributed by atoms with Gasteiger partial charge in [0, 0.05) is 12.7 Å². The van der Waals surface area contributed by atoms with E-state index in [1.165, 1.54) is 25.7 Å². The summed E-state index contributed by atoms with van der Waals surface area (Å²) in [5.41, 5.74) is 1.07. The minimum Gasteiger partial charge on any atom is -0.594 e. The lowest BCUT2D eigenvalue weighted by molar-refractivity contribution is -0.641. The van der Waals surface area contributed by atoms with Crippen molar-refractivity contribution in [1.82, 2.24) is 10.1 Å². The summed E-state index contributed by atoms with van der Waals surface area (Å²) in [4.78, 5) is 4.85. The fourth-order valence-corrected chi connectivity index (χ4v) is 2.07. The summed E-state index contributed by atoms with van der Waals surface area (Å²) in [6.45, 7) is 3.22. The van der Waals surface area contributed by atoms with Gasteiger partial charge in [-0.1, -0.05) is 44.7 Å². The summed E-state index contributed by atoms with van der Waals surface area (Å²) >= 11 is 0. The first kappa shape index (κ1) is 15.4. The molecule has 1 N–H and O–H groups in total. The van der Waals surface area contributed by atoms with Crippen LogP contribution in [-0.4, -0.2) is 23.4 Å². The van der Waals surface area contributed by atoms with Gasteiger partial charge in [0.15, 0.2) is 0 Å². The fourth-order valence-electron chi connectivity index (χ4n) is 2.07. The van der Waals surface area contributed by atoms with Crippen molar-refractivity contribution in [2.75, 3.05) is 18.7 Å². The van der Waals surface area contributed by atoms with E-state index in [1.54, 1.807) is 18.2 Å². The van der Waals surface area contributed by atoms with Crippen LogP contribution in [0.3, 0.4) is 0 Å². The lowest BCUT2D eigenvalue weighted by Crippen LogP contribution is -2.33. The van der Waals surface area contributed by atoms with Gasteiger partial charge >= 0.3 is 0 Å². The second-order valence-corrected chi connectivity index (χ2v) is 4.94. The van der Waals surface area contributed by atoms with Gasteiger partial charge in [0.2, 0.25) is 0 Å². The zero-order valence-corrected chi connectivity index (χ0v) is 12.4. The van der Waals surface area contributed by atoms with Crippen LogP contribution in [0.1, 0.15) is 39.0 Å². The van der Waals surface area contributed by atoms with Crippen LogP contribution in [0.2, 0.25) is 0 Å². The highest BCUT2D eigenvalue weighted by Crippen LogP contribution is 2.07. The molecule has 0 spiro atoms. The molecule has 1 aromatic heterocycles. The van der Waals surface area contributed by atoms with E-state index in [0.717, 1.165) is 6.42 Å². The minimum absolute atomic E-state index is 0.287. The molecule has 2 aromatic rings. The van der Waals surface area contributed by atoms with E-state index in [4.69, 9.17) is 4.74 Å². The number of aromatic nitrogens is 3. The van der Waals surface area contributed by atoms with E-state index < -0.39 is 0 Å². The van der Waals surface area contributed by atoms with Crippen molar-refractivity contribution in [3.05, 3.63) is 29.5 Å². The third kappa shape index (κ3) is 4.82. The van der Waals surface area contributed by atoms with Gasteiger partial charge < -0.3 is 15.3 Å². The molecule has 114 valence electrons. The number of rotatable bonds is 9. The normalized spacial score (nSPS) is 10.9. The minimum atomic E-state index is 0.287. The van der Waals surface area contributed by atoms with E-state index in [-0.39, 0.29) is 5.95 Å². The lowest BCUT2D eigenvalue weighted by Gasteiger charge is -2.06. The van der Waals surface area contributed by atoms with Crippen molar-refractivity contribution >= 4 is 17.0 Å². The molecule has 21 heavy (non-hydrogen) atoms. The quantitative estimate of drug-likeness (QED) is 0.332. The maximum absolute atomic E-state index is 11.7. The first-order valence-electron chi connectivity index (χ1n) is 7.49. The van der Waals surface area contributed by atoms with E-state index in [2.05, 4.69) is 22.3 Å². The summed E-state index contributed by atoms with van der Waals surface area (Å²) in [5, 5.41) is 18.5. The molecule has 0 aliphatic rings. The Labute approximate surface area is 124 Å². The number of ether oxygens (including phenoxy) is 1. The Morgan fingerprint density at radius 2 is 2.00 bits per heavy atom. The number of benzene rings is 1. The number of para-hydroxylation sites is 2. The largest absolute Gasteiger partial charge is 0.594 e. The molecule has 2 rings (SSSR count). The first-order valence-corrected chi connectivity index (χ1v) is 7.49. The van der Waals surface area contributed by atoms with Crippen molar-refractivity contribution in [2.24, 2.45) is 0 Å². The van der Waals surface area contributed by atoms with Crippen LogP contribution < -0.4 is 10.2 Å². The molecule has 0 bridgehead atoms. The zero-order valence-electron chi connectivity index (χ0n) is 12.4. The molecule has 0 saturated carbocycles. The van der Waals surface area contributed by atoms with Gasteiger partial charge in [0.05, 0.1) is 5.10 Å². The summed E-state index contributed by atoms with van der Waals surface area (Å²) < 4.78 is 5.47. The average molecular weight is 290 g/mol. The third-order valence-corrected chi connectivity index (χ3v) is 3.22. The standard InChI is InChI=1S/C15H22N4O2/c1-2-3-4-5-8-11-21-12-16-15-17-13-9-6-7-10-14(13)19(20)18-15/h6-7,9-10H,2-5,8,11-12H2,1H3,(H,16,17,18). The molecular weight excluding hydrogens is 268 g/mol. The Hall–Kier alpha value is -1.95. The monoisotopic (exact) mass is 290 g/mol. The molecule has 0 fully saturated rings. The number of fused-ring (bicyclic) bond motifs is 1. The number of unbranched alkanes of at least 4 members (excludes halogenated alkanes) is 4. The molecule has 1 aromatic carbocycles. The molecule has 0 radical (unpaired) electrons. The maximum Gasteiger partial charge on any atom is 0.292 e. The van der Waals surface area contributed by atoms with E-state index >= 15 is 0 Å². The van der Waals surface area contributed by atoms with E-state index in [0.29, 0.717) is 29.2 Å². The summed E-state index contributed by atoms with van der Waals surface area (Å²) in [5.74, 6) is 0.287. The molecule has 0 aliphatic heterocycles. The van der Waals surface area contributed by atoms with Crippen LogP contribution in [0.4, 0.5) is 5.95 Å². The van der Waals surface area contributed by atoms with Gasteiger partial charge in [-0.2, -0.15) is 0 Å². The van der Waals surface area contributed by atoms with Crippen LogP contribution in [0.25, 0.3) is 11.0 Å². The predicted molar refractivity (Wildman–Crippen MR) is 81.7 cm³/mol. The average Bonchev–Trinajstić information content (AvgIpc) is 2.50. The summed E-state index contributed by atoms with van der Waals surface area (Å²) in [6, 6.07) is 7.10. The molecule has 1 heterocycles. The Balaban J connectivity index is 1.74. The first-order chi connectivity index (χ1) is 10.3. The number of hydrogen-bond acceptors (Lipinski definition) is 5. The Bertz CT molecular complexity index is 562. The van der Waals surface area contributed by atoms with Crippen molar-refractivity contribution in [1.29, 1.82) is 0 Å². The van der Waals surface area contributed by atoms with Crippen molar-refractivity contribution in [3.63, 3.8) is 0 Å². The Morgan fingerprint density at radius 3 is 2.86 bits per heavy atom. The molecule has 6 heteroatoms. The molecule has 0 atom stereocenters. The second kappa shape index (κ2) is 8.36. The van der Waals surface area contributed by atoms with Crippen molar-refractivity contribution in [2.45, 2.75) is 39.0 Å². The van der Waals surface area contributed by atoms with Gasteiger partial charge in [-0.3, -0.25) is 0 Å². The predicted octanol–water partition coefficient (Wildman–Crippen LogP) is 2.62. The highest BCUT2D eigenvalue weighted by molar-refractivity contribution is 5.71. The lowest BCUT2D eigenvalue weighted by atomic mass is 10.2. The van der Waals surface area contributed by atoms with Gasteiger partial charge in [0.25, 0.3) is 11.5 Å². The van der Waals surface area contributed by atoms with Gasteiger partial charge in [-0.05, 0) is 17.3 Å². The highest BCUT2D eigenvalue weighted by atomic mass is 16.5. The molecule has 0 amide bonds. The Kier molecular flexibility index (Phi) is 6.15. The smallest absolute Gasteiger partial charge is 0.292 e. The second-order valence-electron chi connectivity index (χ2n) is 4.94. The van der Waals surface area contributed by atoms with E-state index in [1.807, 2.05) is 6.07 Å². The maximum atomic E-state index is 11.7. The topological polar surface area (TPSA) is 74.0 Å². The van der Waals surface area contributed by atoms with E-state index in [9.17, 15) is 5.21 Å². The van der Waals surface area contributed by atoms with Gasteiger partial charge in [-0.25, -0.2) is 4.98 Å². The third-order valence-electron chi connectivity index (χ3n) is 3.22. The molecule has 6 nitrogen and oxygen atoms in total. The number of nitrogens with one attached hydrogen (secondary N) is 1. The van der Waals surface area contributed by atoms with Crippen LogP contribution in [0.15, 0.2) is 24.3 Å². The highest BCUT2D eigenvalue weighted by Gasteiger charge is 2.09. The van der Waals surface area contributed by atoms with Crippen LogP contribution in [0.5, 0.6) is 0 Å². The Morgan fingerprint density at radius 1 is 1.19 bits per heavy atom. The zero-order chi connectivity index (χ0) is 14.9. The van der Waals surface area contributed by atoms with Crippen LogP contribution >= 0.6 is 0 Å². The SMILES string of the molecule is CCCCCCCOCNc1nc2ccccc2[n+]([O-])n1. The fraction of sp³-hybridized carbons (Fsp3) is 0.533. The van der Waals surface area contributed by atoms with Crippen molar-refractivity contribution in [3.8, 4) is 0 Å². The summed E-state index contributed by atoms with van der Waals surface area (Å²) in [7, 11) is 0. The molecule has 0 saturated heterocycles. The van der Waals surface area contributed by atoms with Crippen LogP contribution in [0, 0.1) is 5.21 Å². The number of hydrogen-bond donors (Lipinski definition) is 1. The van der Waals surface area contributed by atoms with Gasteiger partial charge in [-0.15, -0.1) is 0 Å². The molecule has 0 aliphatic carbocycles. The van der Waals surface area contributed by atoms with Crippen molar-refractivity contribution < 1.29 is 9.58 Å². The van der Waals surface area contributed by atoms with Crippen LogP contribution in [-0.2, 0) is 4.74 Å². The number of nitrogens with zero attached hydrogens (tertiary/aromatic N) is 3. The molecule has 0 unspecified atom stereocenters.